The molecule has 0 aliphatic carbocycles. The fourth-order valence-electron chi connectivity index (χ4n) is 1.91. The molecule has 2 aromatic heterocycles. The maximum Gasteiger partial charge on any atom is 0.315 e. The van der Waals surface area contributed by atoms with Crippen LogP contribution in [0.3, 0.4) is 0 Å². The molecule has 0 spiro atoms. The van der Waals surface area contributed by atoms with Gasteiger partial charge in [0.05, 0.1) is 18.8 Å². The summed E-state index contributed by atoms with van der Waals surface area (Å²) in [7, 11) is 3.90. The first kappa shape index (κ1) is 15.5. The van der Waals surface area contributed by atoms with Crippen molar-refractivity contribution in [3.8, 4) is 0 Å². The van der Waals surface area contributed by atoms with E-state index in [1.165, 1.54) is 0 Å². The van der Waals surface area contributed by atoms with E-state index in [1.807, 2.05) is 43.4 Å². The van der Waals surface area contributed by atoms with Crippen molar-refractivity contribution in [2.24, 2.45) is 0 Å². The van der Waals surface area contributed by atoms with Crippen molar-refractivity contribution < 1.29 is 9.21 Å². The van der Waals surface area contributed by atoms with Crippen LogP contribution in [0.2, 0.25) is 0 Å². The molecule has 2 rings (SSSR count). The van der Waals surface area contributed by atoms with Crippen molar-refractivity contribution in [3.05, 3.63) is 40.2 Å². The number of amides is 2. The molecule has 21 heavy (non-hydrogen) atoms. The molecule has 0 unspecified atom stereocenters. The van der Waals surface area contributed by atoms with Gasteiger partial charge in [0, 0.05) is 17.6 Å². The Labute approximate surface area is 128 Å². The number of furan rings is 1. The van der Waals surface area contributed by atoms with Crippen LogP contribution in [0, 0.1) is 6.92 Å². The Morgan fingerprint density at radius 3 is 2.86 bits per heavy atom. The Morgan fingerprint density at radius 2 is 2.29 bits per heavy atom. The molecule has 0 bridgehead atoms. The number of hydrogen-bond acceptors (Lipinski definition) is 5. The standard InChI is InChI=1S/C14H20N4O2S/c1-10-9-21-13(17-10)8-16-14(19)15-7-11(18(2)3)12-5-4-6-20-12/h4-6,9,11H,7-8H2,1-3H3,(H2,15,16,19)/t11-/m1/s1. The summed E-state index contributed by atoms with van der Waals surface area (Å²) < 4.78 is 5.40. The van der Waals surface area contributed by atoms with E-state index in [1.54, 1.807) is 17.6 Å². The largest absolute Gasteiger partial charge is 0.468 e. The van der Waals surface area contributed by atoms with Gasteiger partial charge >= 0.3 is 6.03 Å². The molecule has 0 aliphatic heterocycles. The average Bonchev–Trinajstić information content (AvgIpc) is 3.08. The van der Waals surface area contributed by atoms with Crippen LogP contribution < -0.4 is 10.6 Å². The number of carbonyl (C=O) groups excluding carboxylic acids is 1. The van der Waals surface area contributed by atoms with Crippen molar-refractivity contribution in [1.82, 2.24) is 20.5 Å². The fourth-order valence-corrected chi connectivity index (χ4v) is 2.62. The second-order valence-electron chi connectivity index (χ2n) is 4.94. The average molecular weight is 308 g/mol. The van der Waals surface area contributed by atoms with Gasteiger partial charge in [-0.3, -0.25) is 4.90 Å². The molecule has 6 nitrogen and oxygen atoms in total. The summed E-state index contributed by atoms with van der Waals surface area (Å²) in [5.74, 6) is 0.829. The van der Waals surface area contributed by atoms with E-state index in [-0.39, 0.29) is 12.1 Å². The van der Waals surface area contributed by atoms with Gasteiger partial charge in [-0.05, 0) is 33.2 Å². The Balaban J connectivity index is 1.79. The lowest BCUT2D eigenvalue weighted by atomic mass is 10.2. The number of likely N-dealkylation sites (N-methyl/N-ethyl adjacent to an activating group) is 1. The summed E-state index contributed by atoms with van der Waals surface area (Å²) in [5, 5.41) is 8.52. The lowest BCUT2D eigenvalue weighted by Gasteiger charge is -2.22. The topological polar surface area (TPSA) is 70.4 Å². The quantitative estimate of drug-likeness (QED) is 0.858. The summed E-state index contributed by atoms with van der Waals surface area (Å²) in [4.78, 5) is 18.1. The van der Waals surface area contributed by atoms with E-state index in [2.05, 4.69) is 15.6 Å². The minimum absolute atomic E-state index is 0.00728. The number of nitrogens with one attached hydrogen (secondary N) is 2. The van der Waals surface area contributed by atoms with Crippen LogP contribution >= 0.6 is 11.3 Å². The predicted molar refractivity (Wildman–Crippen MR) is 82.2 cm³/mol. The maximum atomic E-state index is 11.8. The Morgan fingerprint density at radius 1 is 1.48 bits per heavy atom. The van der Waals surface area contributed by atoms with Gasteiger partial charge in [-0.15, -0.1) is 11.3 Å². The van der Waals surface area contributed by atoms with Gasteiger partial charge in [0.15, 0.2) is 0 Å². The molecule has 0 radical (unpaired) electrons. The minimum atomic E-state index is -0.207. The third-order valence-electron chi connectivity index (χ3n) is 3.02. The van der Waals surface area contributed by atoms with Gasteiger partial charge in [-0.25, -0.2) is 9.78 Å². The Kier molecular flexibility index (Phi) is 5.35. The fraction of sp³-hybridized carbons (Fsp3) is 0.429. The zero-order chi connectivity index (χ0) is 15.2. The van der Waals surface area contributed by atoms with Gasteiger partial charge in [0.1, 0.15) is 10.8 Å². The van der Waals surface area contributed by atoms with Crippen LogP contribution in [0.5, 0.6) is 0 Å². The van der Waals surface area contributed by atoms with Crippen LogP contribution in [0.1, 0.15) is 22.5 Å². The molecular formula is C14H20N4O2S. The normalized spacial score (nSPS) is 12.4. The van der Waals surface area contributed by atoms with Crippen LogP contribution in [-0.2, 0) is 6.54 Å². The zero-order valence-corrected chi connectivity index (χ0v) is 13.2. The molecule has 2 heterocycles. The smallest absolute Gasteiger partial charge is 0.315 e. The second-order valence-corrected chi connectivity index (χ2v) is 5.88. The van der Waals surface area contributed by atoms with Gasteiger partial charge < -0.3 is 15.1 Å². The molecule has 114 valence electrons. The third kappa shape index (κ3) is 4.57. The highest BCUT2D eigenvalue weighted by Crippen LogP contribution is 2.17. The molecule has 1 atom stereocenters. The number of nitrogens with zero attached hydrogens (tertiary/aromatic N) is 2. The summed E-state index contributed by atoms with van der Waals surface area (Å²) in [6.07, 6.45) is 1.64. The van der Waals surface area contributed by atoms with E-state index in [9.17, 15) is 4.79 Å². The van der Waals surface area contributed by atoms with Crippen LogP contribution in [0.4, 0.5) is 4.79 Å². The van der Waals surface area contributed by atoms with E-state index in [4.69, 9.17) is 4.42 Å². The Hall–Kier alpha value is -1.86. The highest BCUT2D eigenvalue weighted by Gasteiger charge is 2.17. The summed E-state index contributed by atoms with van der Waals surface area (Å²) in [6, 6.07) is 3.55. The number of urea groups is 1. The van der Waals surface area contributed by atoms with E-state index < -0.39 is 0 Å². The lowest BCUT2D eigenvalue weighted by Crippen LogP contribution is -2.40. The van der Waals surface area contributed by atoms with Crippen molar-refractivity contribution in [1.29, 1.82) is 0 Å². The van der Waals surface area contributed by atoms with E-state index >= 15 is 0 Å². The van der Waals surface area contributed by atoms with Gasteiger partial charge in [-0.1, -0.05) is 0 Å². The van der Waals surface area contributed by atoms with E-state index in [0.717, 1.165) is 16.5 Å². The molecule has 0 saturated carbocycles. The number of carbonyl (C=O) groups is 1. The first-order valence-corrected chi connectivity index (χ1v) is 7.56. The van der Waals surface area contributed by atoms with Crippen molar-refractivity contribution >= 4 is 17.4 Å². The molecular weight excluding hydrogens is 288 g/mol. The van der Waals surface area contributed by atoms with Crippen molar-refractivity contribution in [2.45, 2.75) is 19.5 Å². The van der Waals surface area contributed by atoms with Crippen LogP contribution in [0.25, 0.3) is 0 Å². The molecule has 2 N–H and O–H groups in total. The number of hydrogen-bond donors (Lipinski definition) is 2. The third-order valence-corrected chi connectivity index (χ3v) is 3.98. The molecule has 0 saturated heterocycles. The van der Waals surface area contributed by atoms with E-state index in [0.29, 0.717) is 13.1 Å². The van der Waals surface area contributed by atoms with Gasteiger partial charge in [0.2, 0.25) is 0 Å². The summed E-state index contributed by atoms with van der Waals surface area (Å²) >= 11 is 1.54. The van der Waals surface area contributed by atoms with Crippen LogP contribution in [0.15, 0.2) is 28.2 Å². The monoisotopic (exact) mass is 308 g/mol. The molecule has 2 amide bonds. The highest BCUT2D eigenvalue weighted by molar-refractivity contribution is 7.09. The molecule has 0 fully saturated rings. The summed E-state index contributed by atoms with van der Waals surface area (Å²) in [5.41, 5.74) is 0.975. The summed E-state index contributed by atoms with van der Waals surface area (Å²) in [6.45, 7) is 2.85. The second kappa shape index (κ2) is 7.24. The first-order valence-electron chi connectivity index (χ1n) is 6.69. The minimum Gasteiger partial charge on any atom is -0.468 e. The number of aryl methyl sites for hydroxylation is 1. The van der Waals surface area contributed by atoms with Crippen LogP contribution in [-0.4, -0.2) is 36.6 Å². The van der Waals surface area contributed by atoms with Gasteiger partial charge in [-0.2, -0.15) is 0 Å². The highest BCUT2D eigenvalue weighted by atomic mass is 32.1. The van der Waals surface area contributed by atoms with Gasteiger partial charge in [0.25, 0.3) is 0 Å². The number of thiazole rings is 1. The SMILES string of the molecule is Cc1csc(CNC(=O)NC[C@H](c2ccco2)N(C)C)n1. The predicted octanol–water partition coefficient (Wildman–Crippen LogP) is 2.15. The maximum absolute atomic E-state index is 11.8. The van der Waals surface area contributed by atoms with Crippen molar-refractivity contribution in [3.63, 3.8) is 0 Å². The first-order chi connectivity index (χ1) is 10.1. The molecule has 7 heteroatoms. The Bertz CT molecular complexity index is 565. The molecule has 2 aromatic rings. The molecule has 0 aliphatic rings. The lowest BCUT2D eigenvalue weighted by molar-refractivity contribution is 0.225. The number of aromatic nitrogens is 1. The zero-order valence-electron chi connectivity index (χ0n) is 12.4. The molecule has 0 aromatic carbocycles. The van der Waals surface area contributed by atoms with Crippen molar-refractivity contribution in [2.75, 3.05) is 20.6 Å². The number of rotatable bonds is 6.